The minimum atomic E-state index is -0.568. The number of hydrogen-bond donors (Lipinski definition) is 1. The van der Waals surface area contributed by atoms with Gasteiger partial charge in [0.1, 0.15) is 5.82 Å². The number of ether oxygens (including phenoxy) is 2. The van der Waals surface area contributed by atoms with E-state index >= 15 is 0 Å². The van der Waals surface area contributed by atoms with Gasteiger partial charge in [0, 0.05) is 11.8 Å². The van der Waals surface area contributed by atoms with E-state index in [1.807, 2.05) is 31.2 Å². The van der Waals surface area contributed by atoms with Gasteiger partial charge in [-0.2, -0.15) is 0 Å². The zero-order valence-electron chi connectivity index (χ0n) is 14.1. The third-order valence-corrected chi connectivity index (χ3v) is 4.23. The minimum Gasteiger partial charge on any atom is -0.454 e. The van der Waals surface area contributed by atoms with E-state index in [0.29, 0.717) is 17.2 Å². The van der Waals surface area contributed by atoms with Gasteiger partial charge in [-0.15, -0.1) is 0 Å². The number of rotatable bonds is 3. The van der Waals surface area contributed by atoms with Crippen molar-refractivity contribution in [3.8, 4) is 22.6 Å². The summed E-state index contributed by atoms with van der Waals surface area (Å²) in [5, 5.41) is 2.68. The summed E-state index contributed by atoms with van der Waals surface area (Å²) < 4.78 is 25.0. The van der Waals surface area contributed by atoms with Crippen LogP contribution in [0, 0.1) is 12.7 Å². The molecule has 3 aromatic carbocycles. The first-order valence-electron chi connectivity index (χ1n) is 8.18. The quantitative estimate of drug-likeness (QED) is 0.740. The van der Waals surface area contributed by atoms with Crippen LogP contribution in [0.25, 0.3) is 11.1 Å². The van der Waals surface area contributed by atoms with E-state index < -0.39 is 11.7 Å². The fourth-order valence-corrected chi connectivity index (χ4v) is 2.80. The van der Waals surface area contributed by atoms with E-state index in [1.54, 1.807) is 24.3 Å². The molecule has 0 radical (unpaired) electrons. The molecule has 0 unspecified atom stereocenters. The van der Waals surface area contributed by atoms with Crippen molar-refractivity contribution in [1.82, 2.24) is 0 Å². The zero-order chi connectivity index (χ0) is 18.1. The Morgan fingerprint density at radius 3 is 2.42 bits per heavy atom. The normalized spacial score (nSPS) is 12.1. The van der Waals surface area contributed by atoms with Crippen LogP contribution >= 0.6 is 0 Å². The molecule has 0 atom stereocenters. The predicted molar refractivity (Wildman–Crippen MR) is 97.1 cm³/mol. The van der Waals surface area contributed by atoms with Crippen LogP contribution in [0.3, 0.4) is 0 Å². The molecule has 5 heteroatoms. The van der Waals surface area contributed by atoms with Gasteiger partial charge in [0.2, 0.25) is 6.79 Å². The van der Waals surface area contributed by atoms with E-state index in [9.17, 15) is 9.18 Å². The highest BCUT2D eigenvalue weighted by Gasteiger charge is 2.16. The second kappa shape index (κ2) is 6.52. The van der Waals surface area contributed by atoms with Gasteiger partial charge in [-0.1, -0.05) is 35.9 Å². The molecule has 1 amide bonds. The molecule has 1 aliphatic rings. The first kappa shape index (κ1) is 16.1. The fraction of sp³-hybridized carbons (Fsp3) is 0.0952. The van der Waals surface area contributed by atoms with E-state index in [0.717, 1.165) is 16.7 Å². The number of carbonyl (C=O) groups excluding carboxylic acids is 1. The van der Waals surface area contributed by atoms with Gasteiger partial charge in [-0.3, -0.25) is 4.79 Å². The van der Waals surface area contributed by atoms with Crippen molar-refractivity contribution in [2.24, 2.45) is 0 Å². The molecule has 4 rings (SSSR count). The highest BCUT2D eigenvalue weighted by molar-refractivity contribution is 6.04. The Hall–Kier alpha value is -3.34. The van der Waals surface area contributed by atoms with Crippen LogP contribution in [0.2, 0.25) is 0 Å². The summed E-state index contributed by atoms with van der Waals surface area (Å²) in [7, 11) is 0. The lowest BCUT2D eigenvalue weighted by atomic mass is 10.0. The maximum atomic E-state index is 14.5. The molecular formula is C21H16FNO3. The lowest BCUT2D eigenvalue weighted by molar-refractivity contribution is 0.102. The zero-order valence-corrected chi connectivity index (χ0v) is 14.1. The summed E-state index contributed by atoms with van der Waals surface area (Å²) in [6.45, 7) is 2.15. The van der Waals surface area contributed by atoms with Crippen molar-refractivity contribution in [2.75, 3.05) is 12.1 Å². The molecule has 1 heterocycles. The number of amides is 1. The van der Waals surface area contributed by atoms with Crippen LogP contribution in [0.1, 0.15) is 15.9 Å². The molecule has 0 saturated carbocycles. The monoisotopic (exact) mass is 349 g/mol. The summed E-state index contributed by atoms with van der Waals surface area (Å²) in [5.41, 5.74) is 3.26. The summed E-state index contributed by atoms with van der Waals surface area (Å²) in [4.78, 5) is 12.4. The number of fused-ring (bicyclic) bond motifs is 1. The maximum Gasteiger partial charge on any atom is 0.258 e. The number of nitrogens with one attached hydrogen (secondary N) is 1. The number of hydrogen-bond acceptors (Lipinski definition) is 3. The Bertz CT molecular complexity index is 983. The van der Waals surface area contributed by atoms with Crippen molar-refractivity contribution in [2.45, 2.75) is 6.92 Å². The third-order valence-electron chi connectivity index (χ3n) is 4.23. The molecule has 3 aromatic rings. The largest absolute Gasteiger partial charge is 0.454 e. The molecule has 0 aromatic heterocycles. The number of halogens is 1. The summed E-state index contributed by atoms with van der Waals surface area (Å²) >= 11 is 0. The van der Waals surface area contributed by atoms with Crippen LogP contribution in [0.4, 0.5) is 10.1 Å². The predicted octanol–water partition coefficient (Wildman–Crippen LogP) is 4.78. The standard InChI is InChI=1S/C21H16FNO3/c1-13-2-4-14(5-3-13)15-6-8-17(18(22)10-15)21(24)23-16-7-9-19-20(11-16)26-12-25-19/h2-11H,12H2,1H3,(H,23,24). The second-order valence-electron chi connectivity index (χ2n) is 6.08. The molecule has 1 aliphatic heterocycles. The smallest absolute Gasteiger partial charge is 0.258 e. The Morgan fingerprint density at radius 2 is 1.65 bits per heavy atom. The molecule has 0 aliphatic carbocycles. The van der Waals surface area contributed by atoms with Crippen LogP contribution < -0.4 is 14.8 Å². The highest BCUT2D eigenvalue weighted by atomic mass is 19.1. The van der Waals surface area contributed by atoms with Crippen molar-refractivity contribution < 1.29 is 18.7 Å². The second-order valence-corrected chi connectivity index (χ2v) is 6.08. The van der Waals surface area contributed by atoms with Gasteiger partial charge in [0.05, 0.1) is 5.56 Å². The molecular weight excluding hydrogens is 333 g/mol. The molecule has 0 saturated heterocycles. The van der Waals surface area contributed by atoms with E-state index in [2.05, 4.69) is 5.32 Å². The topological polar surface area (TPSA) is 47.6 Å². The average Bonchev–Trinajstić information content (AvgIpc) is 3.10. The fourth-order valence-electron chi connectivity index (χ4n) is 2.80. The molecule has 0 fully saturated rings. The van der Waals surface area contributed by atoms with Gasteiger partial charge >= 0.3 is 0 Å². The number of benzene rings is 3. The SMILES string of the molecule is Cc1ccc(-c2ccc(C(=O)Nc3ccc4c(c3)OCO4)c(F)c2)cc1. The summed E-state index contributed by atoms with van der Waals surface area (Å²) in [6, 6.07) is 17.4. The minimum absolute atomic E-state index is 0.0153. The van der Waals surface area contributed by atoms with E-state index in [-0.39, 0.29) is 12.4 Å². The van der Waals surface area contributed by atoms with Crippen molar-refractivity contribution in [3.63, 3.8) is 0 Å². The number of aryl methyl sites for hydroxylation is 1. The number of anilines is 1. The Labute approximate surface area is 150 Å². The first-order chi connectivity index (χ1) is 12.6. The molecule has 26 heavy (non-hydrogen) atoms. The van der Waals surface area contributed by atoms with E-state index in [4.69, 9.17) is 9.47 Å². The van der Waals surface area contributed by atoms with Crippen LogP contribution in [0.5, 0.6) is 11.5 Å². The molecule has 1 N–H and O–H groups in total. The highest BCUT2D eigenvalue weighted by Crippen LogP contribution is 2.34. The third kappa shape index (κ3) is 3.11. The van der Waals surface area contributed by atoms with Crippen LogP contribution in [-0.2, 0) is 0 Å². The van der Waals surface area contributed by atoms with Gasteiger partial charge in [-0.25, -0.2) is 4.39 Å². The van der Waals surface area contributed by atoms with Crippen LogP contribution in [-0.4, -0.2) is 12.7 Å². The number of carbonyl (C=O) groups is 1. The molecule has 0 bridgehead atoms. The van der Waals surface area contributed by atoms with Gasteiger partial charge in [0.15, 0.2) is 11.5 Å². The van der Waals surface area contributed by atoms with Gasteiger partial charge in [0.25, 0.3) is 5.91 Å². The Morgan fingerprint density at radius 1 is 0.923 bits per heavy atom. The Kier molecular flexibility index (Phi) is 4.05. The summed E-state index contributed by atoms with van der Waals surface area (Å²) in [6.07, 6.45) is 0. The molecule has 0 spiro atoms. The van der Waals surface area contributed by atoms with E-state index in [1.165, 1.54) is 12.1 Å². The van der Waals surface area contributed by atoms with Gasteiger partial charge in [-0.05, 0) is 42.3 Å². The lowest BCUT2D eigenvalue weighted by Gasteiger charge is -2.09. The van der Waals surface area contributed by atoms with Crippen molar-refractivity contribution >= 4 is 11.6 Å². The molecule has 130 valence electrons. The first-order valence-corrected chi connectivity index (χ1v) is 8.18. The van der Waals surface area contributed by atoms with Gasteiger partial charge < -0.3 is 14.8 Å². The summed E-state index contributed by atoms with van der Waals surface area (Å²) in [5.74, 6) is 0.0905. The lowest BCUT2D eigenvalue weighted by Crippen LogP contribution is -2.13. The van der Waals surface area contributed by atoms with Crippen molar-refractivity contribution in [3.05, 3.63) is 77.6 Å². The van der Waals surface area contributed by atoms with Crippen LogP contribution in [0.15, 0.2) is 60.7 Å². The maximum absolute atomic E-state index is 14.5. The molecule has 4 nitrogen and oxygen atoms in total. The average molecular weight is 349 g/mol. The van der Waals surface area contributed by atoms with Crippen molar-refractivity contribution in [1.29, 1.82) is 0 Å². The Balaban J connectivity index is 1.55.